The number of aliphatic hydroxyl groups is 1. The molecule has 0 amide bonds. The van der Waals surface area contributed by atoms with E-state index in [1.807, 2.05) is 0 Å². The van der Waals surface area contributed by atoms with Crippen LogP contribution in [0.1, 0.15) is 5.56 Å². The molecule has 0 spiro atoms. The van der Waals surface area contributed by atoms with Crippen LogP contribution >= 0.6 is 11.6 Å². The van der Waals surface area contributed by atoms with Crippen LogP contribution in [0.15, 0.2) is 63.2 Å². The number of hydrazone groups is 1. The van der Waals surface area contributed by atoms with Gasteiger partial charge in [-0.05, 0) is 24.3 Å². The molecule has 3 N–H and O–H groups in total. The minimum atomic E-state index is -1.07. The van der Waals surface area contributed by atoms with Crippen LogP contribution in [0.3, 0.4) is 0 Å². The molecule has 0 bridgehead atoms. The highest BCUT2D eigenvalue weighted by molar-refractivity contribution is 6.30. The molecule has 0 fully saturated rings. The number of benzene rings is 2. The van der Waals surface area contributed by atoms with Crippen LogP contribution in [-0.4, -0.2) is 48.1 Å². The van der Waals surface area contributed by atoms with E-state index >= 15 is 0 Å². The van der Waals surface area contributed by atoms with Crippen LogP contribution in [0, 0.1) is 10.1 Å². The third-order valence-electron chi connectivity index (χ3n) is 5.12. The lowest BCUT2D eigenvalue weighted by Crippen LogP contribution is -2.30. The number of anilines is 1. The van der Waals surface area contributed by atoms with Gasteiger partial charge in [0.05, 0.1) is 17.7 Å². The summed E-state index contributed by atoms with van der Waals surface area (Å²) in [6, 6.07) is 12.4. The minimum absolute atomic E-state index is 0.0377. The van der Waals surface area contributed by atoms with Gasteiger partial charge in [-0.25, -0.2) is 10.2 Å². The van der Waals surface area contributed by atoms with E-state index < -0.39 is 22.3 Å². The van der Waals surface area contributed by atoms with Crippen molar-refractivity contribution in [3.8, 4) is 5.75 Å². The van der Waals surface area contributed by atoms with Gasteiger partial charge in [-0.2, -0.15) is 10.1 Å². The number of ether oxygens (including phenoxy) is 1. The molecule has 4 rings (SSSR count). The number of imidazole rings is 1. The monoisotopic (exact) mass is 513 g/mol. The Hall–Kier alpha value is -4.49. The second kappa shape index (κ2) is 10.4. The molecule has 0 aliphatic heterocycles. The average molecular weight is 514 g/mol. The number of nitro benzene ring substituents is 1. The highest BCUT2D eigenvalue weighted by atomic mass is 35.5. The topological polar surface area (TPSA) is 170 Å². The van der Waals surface area contributed by atoms with Gasteiger partial charge in [0.15, 0.2) is 11.2 Å². The van der Waals surface area contributed by atoms with Crippen molar-refractivity contribution >= 4 is 40.6 Å². The molecular formula is C22H20ClN7O6. The minimum Gasteiger partial charge on any atom is -0.491 e. The number of hydrogen-bond acceptors (Lipinski definition) is 9. The van der Waals surface area contributed by atoms with Crippen molar-refractivity contribution in [2.24, 2.45) is 12.1 Å². The maximum absolute atomic E-state index is 12.6. The lowest BCUT2D eigenvalue weighted by molar-refractivity contribution is -0.384. The van der Waals surface area contributed by atoms with E-state index in [1.165, 1.54) is 36.0 Å². The van der Waals surface area contributed by atoms with E-state index in [2.05, 4.69) is 20.5 Å². The Bertz CT molecular complexity index is 1560. The number of aromatic amines is 1. The maximum Gasteiger partial charge on any atom is 0.329 e. The standard InChI is InChI=1S/C22H20ClN7O6/c1-28-19-18(20(32)26-22(28)33)29(11-16(31)12-36-17-7-5-14(23)6-8-17)21(25-19)27-24-10-13-3-2-4-15(9-13)30(34)35/h2-10,16,31H,11-12H2,1H3,(H,25,27)(H,26,32,33). The summed E-state index contributed by atoms with van der Waals surface area (Å²) in [6.45, 7) is -0.235. The Morgan fingerprint density at radius 2 is 2.06 bits per heavy atom. The van der Waals surface area contributed by atoms with E-state index in [1.54, 1.807) is 30.3 Å². The van der Waals surface area contributed by atoms with Crippen molar-refractivity contribution < 1.29 is 14.8 Å². The Morgan fingerprint density at radius 3 is 2.78 bits per heavy atom. The van der Waals surface area contributed by atoms with Gasteiger partial charge in [-0.15, -0.1) is 0 Å². The summed E-state index contributed by atoms with van der Waals surface area (Å²) >= 11 is 5.86. The van der Waals surface area contributed by atoms with Crippen LogP contribution in [0.25, 0.3) is 11.2 Å². The molecule has 2 aromatic carbocycles. The number of aromatic nitrogens is 4. The number of aliphatic hydroxyl groups excluding tert-OH is 1. The van der Waals surface area contributed by atoms with E-state index in [4.69, 9.17) is 16.3 Å². The van der Waals surface area contributed by atoms with E-state index in [0.29, 0.717) is 16.3 Å². The van der Waals surface area contributed by atoms with Gasteiger partial charge < -0.3 is 14.4 Å². The van der Waals surface area contributed by atoms with Crippen molar-refractivity contribution in [2.75, 3.05) is 12.0 Å². The molecule has 0 saturated heterocycles. The van der Waals surface area contributed by atoms with Crippen molar-refractivity contribution in [1.29, 1.82) is 0 Å². The fraction of sp³-hybridized carbons (Fsp3) is 0.182. The van der Waals surface area contributed by atoms with E-state index in [9.17, 15) is 24.8 Å². The van der Waals surface area contributed by atoms with Gasteiger partial charge >= 0.3 is 5.69 Å². The number of nitro groups is 1. The van der Waals surface area contributed by atoms with Crippen molar-refractivity contribution in [3.63, 3.8) is 0 Å². The highest BCUT2D eigenvalue weighted by Gasteiger charge is 2.20. The van der Waals surface area contributed by atoms with Crippen molar-refractivity contribution in [2.45, 2.75) is 12.6 Å². The van der Waals surface area contributed by atoms with Crippen molar-refractivity contribution in [1.82, 2.24) is 19.1 Å². The number of halogens is 1. The normalized spacial score (nSPS) is 12.2. The fourth-order valence-electron chi connectivity index (χ4n) is 3.37. The molecule has 13 nitrogen and oxygen atoms in total. The largest absolute Gasteiger partial charge is 0.491 e. The predicted octanol–water partition coefficient (Wildman–Crippen LogP) is 1.87. The second-order valence-corrected chi connectivity index (χ2v) is 8.11. The maximum atomic E-state index is 12.6. The third-order valence-corrected chi connectivity index (χ3v) is 5.37. The molecule has 2 heterocycles. The molecule has 4 aromatic rings. The molecule has 0 radical (unpaired) electrons. The molecule has 14 heteroatoms. The Balaban J connectivity index is 1.61. The number of fused-ring (bicyclic) bond motifs is 1. The summed E-state index contributed by atoms with van der Waals surface area (Å²) < 4.78 is 8.10. The average Bonchev–Trinajstić information content (AvgIpc) is 3.21. The highest BCUT2D eigenvalue weighted by Crippen LogP contribution is 2.18. The molecule has 0 saturated carbocycles. The molecule has 1 unspecified atom stereocenters. The van der Waals surface area contributed by atoms with Crippen molar-refractivity contribution in [3.05, 3.63) is 90.1 Å². The zero-order chi connectivity index (χ0) is 25.8. The number of non-ortho nitro benzene ring substituents is 1. The number of nitrogens with zero attached hydrogens (tertiary/aromatic N) is 5. The molecular weight excluding hydrogens is 494 g/mol. The fourth-order valence-corrected chi connectivity index (χ4v) is 3.49. The summed E-state index contributed by atoms with van der Waals surface area (Å²) in [5.41, 5.74) is 1.78. The lowest BCUT2D eigenvalue weighted by atomic mass is 10.2. The Morgan fingerprint density at radius 1 is 1.31 bits per heavy atom. The summed E-state index contributed by atoms with van der Waals surface area (Å²) in [5, 5.41) is 26.2. The van der Waals surface area contributed by atoms with Crippen LogP contribution in [0.2, 0.25) is 5.02 Å². The van der Waals surface area contributed by atoms with Gasteiger partial charge in [0.25, 0.3) is 11.2 Å². The smallest absolute Gasteiger partial charge is 0.329 e. The zero-order valence-electron chi connectivity index (χ0n) is 18.8. The summed E-state index contributed by atoms with van der Waals surface area (Å²) in [6.07, 6.45) is 0.260. The number of H-pyrrole nitrogens is 1. The lowest BCUT2D eigenvalue weighted by Gasteiger charge is -2.15. The number of aryl methyl sites for hydroxylation is 1. The molecule has 2 aromatic heterocycles. The second-order valence-electron chi connectivity index (χ2n) is 7.68. The van der Waals surface area contributed by atoms with Crippen LogP contribution < -0.4 is 21.4 Å². The van der Waals surface area contributed by atoms with E-state index in [0.717, 1.165) is 4.57 Å². The van der Waals surface area contributed by atoms with Crippen LogP contribution in [0.4, 0.5) is 11.6 Å². The zero-order valence-corrected chi connectivity index (χ0v) is 19.5. The molecule has 186 valence electrons. The molecule has 36 heavy (non-hydrogen) atoms. The van der Waals surface area contributed by atoms with Gasteiger partial charge in [-0.3, -0.25) is 24.5 Å². The van der Waals surface area contributed by atoms with Gasteiger partial charge in [0.1, 0.15) is 18.5 Å². The Kier molecular flexibility index (Phi) is 7.12. The molecule has 0 aliphatic carbocycles. The number of rotatable bonds is 9. The first-order valence-electron chi connectivity index (χ1n) is 10.5. The molecule has 0 aliphatic rings. The summed E-state index contributed by atoms with van der Waals surface area (Å²) in [7, 11) is 1.44. The first-order chi connectivity index (χ1) is 17.2. The predicted molar refractivity (Wildman–Crippen MR) is 133 cm³/mol. The quantitative estimate of drug-likeness (QED) is 0.173. The molecule has 1 atom stereocenters. The SMILES string of the molecule is Cn1c(=O)[nH]c(=O)c2c1nc(NN=Cc1cccc([N+](=O)[O-])c1)n2CC(O)COc1ccc(Cl)cc1. The van der Waals surface area contributed by atoms with Crippen LogP contribution in [-0.2, 0) is 13.6 Å². The van der Waals surface area contributed by atoms with Gasteiger partial charge in [0.2, 0.25) is 5.95 Å². The van der Waals surface area contributed by atoms with Crippen LogP contribution in [0.5, 0.6) is 5.75 Å². The summed E-state index contributed by atoms with van der Waals surface area (Å²) in [4.78, 5) is 41.6. The first-order valence-corrected chi connectivity index (χ1v) is 10.9. The third kappa shape index (κ3) is 5.42. The van der Waals surface area contributed by atoms with Gasteiger partial charge in [0, 0.05) is 29.8 Å². The Labute approximate surface area is 207 Å². The number of hydrogen-bond donors (Lipinski definition) is 3. The van der Waals surface area contributed by atoms with E-state index in [-0.39, 0.29) is 36.0 Å². The van der Waals surface area contributed by atoms with Gasteiger partial charge in [-0.1, -0.05) is 23.7 Å². The summed E-state index contributed by atoms with van der Waals surface area (Å²) in [5.74, 6) is 0.554. The first kappa shape index (κ1) is 24.6. The number of nitrogens with one attached hydrogen (secondary N) is 2.